The van der Waals surface area contributed by atoms with E-state index in [9.17, 15) is 9.59 Å². The van der Waals surface area contributed by atoms with Crippen molar-refractivity contribution in [3.8, 4) is 0 Å². The normalized spacial score (nSPS) is 10.7. The molecule has 0 radical (unpaired) electrons. The molecule has 0 aromatic heterocycles. The molecule has 5 nitrogen and oxygen atoms in total. The van der Waals surface area contributed by atoms with Gasteiger partial charge in [-0.2, -0.15) is 0 Å². The molecule has 0 fully saturated rings. The predicted molar refractivity (Wildman–Crippen MR) is 128 cm³/mol. The van der Waals surface area contributed by atoms with Gasteiger partial charge in [-0.05, 0) is 38.5 Å². The van der Waals surface area contributed by atoms with Crippen molar-refractivity contribution in [2.75, 3.05) is 37.4 Å². The number of carbonyl (C=O) groups is 2. The summed E-state index contributed by atoms with van der Waals surface area (Å²) in [7, 11) is 3.85. The maximum Gasteiger partial charge on any atom is 0.256 e. The molecule has 0 aliphatic rings. The van der Waals surface area contributed by atoms with Gasteiger partial charge in [-0.25, -0.2) is 0 Å². The molecule has 0 saturated carbocycles. The number of anilines is 2. The second-order valence-corrected chi connectivity index (χ2v) is 8.23. The molecule has 1 aromatic carbocycles. The highest BCUT2D eigenvalue weighted by Gasteiger charge is 2.18. The molecule has 0 atom stereocenters. The van der Waals surface area contributed by atoms with Crippen LogP contribution >= 0.6 is 0 Å². The molecule has 1 N–H and O–H groups in total. The van der Waals surface area contributed by atoms with Crippen LogP contribution in [0.25, 0.3) is 0 Å². The zero-order valence-electron chi connectivity index (χ0n) is 19.9. The average Bonchev–Trinajstić information content (AvgIpc) is 2.73. The third-order valence-corrected chi connectivity index (χ3v) is 5.55. The summed E-state index contributed by atoms with van der Waals surface area (Å²) >= 11 is 0. The third kappa shape index (κ3) is 9.19. The SMILES string of the molecule is CCCCCCCCCCCC(=O)Nc1ccc(N(C)C)c(C(=O)N(CC)CC)c1. The van der Waals surface area contributed by atoms with Crippen LogP contribution in [0, 0.1) is 0 Å². The van der Waals surface area contributed by atoms with Crippen molar-refractivity contribution in [2.24, 2.45) is 0 Å². The van der Waals surface area contributed by atoms with E-state index in [1.54, 1.807) is 4.90 Å². The number of nitrogens with zero attached hydrogens (tertiary/aromatic N) is 2. The lowest BCUT2D eigenvalue weighted by atomic mass is 10.1. The molecule has 0 aliphatic heterocycles. The van der Waals surface area contributed by atoms with Gasteiger partial charge in [0.15, 0.2) is 0 Å². The molecule has 1 rings (SSSR count). The highest BCUT2D eigenvalue weighted by atomic mass is 16.2. The van der Waals surface area contributed by atoms with Crippen molar-refractivity contribution in [1.29, 1.82) is 0 Å². The van der Waals surface area contributed by atoms with Crippen LogP contribution in [0.3, 0.4) is 0 Å². The van der Waals surface area contributed by atoms with E-state index in [1.807, 2.05) is 51.0 Å². The number of nitrogens with one attached hydrogen (secondary N) is 1. The zero-order valence-corrected chi connectivity index (χ0v) is 19.9. The number of carbonyl (C=O) groups excluding carboxylic acids is 2. The van der Waals surface area contributed by atoms with E-state index < -0.39 is 0 Å². The Morgan fingerprint density at radius 1 is 0.833 bits per heavy atom. The average molecular weight is 418 g/mol. The summed E-state index contributed by atoms with van der Waals surface area (Å²) < 4.78 is 0. The van der Waals surface area contributed by atoms with Crippen LogP contribution in [0.2, 0.25) is 0 Å². The van der Waals surface area contributed by atoms with Crippen LogP contribution in [-0.2, 0) is 4.79 Å². The standard InChI is InChI=1S/C25H43N3O2/c1-6-9-10-11-12-13-14-15-16-17-24(29)26-21-18-19-23(27(4)5)22(20-21)25(30)28(7-2)8-3/h18-20H,6-17H2,1-5H3,(H,26,29). The molecule has 0 aliphatic carbocycles. The Morgan fingerprint density at radius 3 is 1.93 bits per heavy atom. The Kier molecular flexibility index (Phi) is 12.9. The number of rotatable bonds is 15. The van der Waals surface area contributed by atoms with E-state index >= 15 is 0 Å². The Bertz CT molecular complexity index is 639. The van der Waals surface area contributed by atoms with E-state index in [0.29, 0.717) is 30.8 Å². The summed E-state index contributed by atoms with van der Waals surface area (Å²) in [5.41, 5.74) is 2.19. The lowest BCUT2D eigenvalue weighted by Gasteiger charge is -2.23. The summed E-state index contributed by atoms with van der Waals surface area (Å²) in [5.74, 6) is 0.0236. The van der Waals surface area contributed by atoms with Crippen LogP contribution in [0.15, 0.2) is 18.2 Å². The van der Waals surface area contributed by atoms with E-state index in [0.717, 1.165) is 18.5 Å². The van der Waals surface area contributed by atoms with Gasteiger partial charge in [-0.1, -0.05) is 58.3 Å². The molecule has 170 valence electrons. The minimum absolute atomic E-state index is 0.00117. The van der Waals surface area contributed by atoms with Gasteiger partial charge in [-0.3, -0.25) is 9.59 Å². The smallest absolute Gasteiger partial charge is 0.256 e. The molecular weight excluding hydrogens is 374 g/mol. The highest BCUT2D eigenvalue weighted by molar-refractivity contribution is 6.02. The van der Waals surface area contributed by atoms with E-state index in [4.69, 9.17) is 0 Å². The van der Waals surface area contributed by atoms with Crippen LogP contribution in [0.4, 0.5) is 11.4 Å². The first-order valence-corrected chi connectivity index (χ1v) is 11.8. The summed E-state index contributed by atoms with van der Waals surface area (Å²) in [6.07, 6.45) is 11.7. The monoisotopic (exact) mass is 417 g/mol. The van der Waals surface area contributed by atoms with E-state index in [-0.39, 0.29) is 11.8 Å². The molecule has 0 bridgehead atoms. The number of hydrogen-bond acceptors (Lipinski definition) is 3. The molecule has 0 unspecified atom stereocenters. The van der Waals surface area contributed by atoms with Crippen molar-refractivity contribution in [3.05, 3.63) is 23.8 Å². The summed E-state index contributed by atoms with van der Waals surface area (Å²) in [6.45, 7) is 7.53. The molecule has 0 heterocycles. The van der Waals surface area contributed by atoms with Crippen molar-refractivity contribution in [2.45, 2.75) is 85.0 Å². The van der Waals surface area contributed by atoms with Crippen molar-refractivity contribution in [3.63, 3.8) is 0 Å². The summed E-state index contributed by atoms with van der Waals surface area (Å²) in [4.78, 5) is 29.0. The minimum Gasteiger partial charge on any atom is -0.377 e. The third-order valence-electron chi connectivity index (χ3n) is 5.55. The predicted octanol–water partition coefficient (Wildman–Crippen LogP) is 6.09. The zero-order chi connectivity index (χ0) is 22.4. The highest BCUT2D eigenvalue weighted by Crippen LogP contribution is 2.25. The van der Waals surface area contributed by atoms with Crippen LogP contribution in [-0.4, -0.2) is 43.9 Å². The number of hydrogen-bond donors (Lipinski definition) is 1. The Labute approximate surface area is 184 Å². The molecule has 2 amide bonds. The lowest BCUT2D eigenvalue weighted by molar-refractivity contribution is -0.116. The maximum absolute atomic E-state index is 12.9. The van der Waals surface area contributed by atoms with E-state index in [2.05, 4.69) is 12.2 Å². The van der Waals surface area contributed by atoms with Gasteiger partial charge >= 0.3 is 0 Å². The second-order valence-electron chi connectivity index (χ2n) is 8.23. The van der Waals surface area contributed by atoms with Gasteiger partial charge in [0.05, 0.1) is 5.56 Å². The molecular formula is C25H43N3O2. The molecule has 0 saturated heterocycles. The fraction of sp³-hybridized carbons (Fsp3) is 0.680. The Hall–Kier alpha value is -2.04. The van der Waals surface area contributed by atoms with Gasteiger partial charge in [0.2, 0.25) is 5.91 Å². The van der Waals surface area contributed by atoms with Gasteiger partial charge < -0.3 is 15.1 Å². The Balaban J connectivity index is 2.53. The van der Waals surface area contributed by atoms with Crippen molar-refractivity contribution in [1.82, 2.24) is 4.90 Å². The quantitative estimate of drug-likeness (QED) is 0.351. The molecule has 1 aromatic rings. The molecule has 0 spiro atoms. The first-order chi connectivity index (χ1) is 14.4. The maximum atomic E-state index is 12.9. The van der Waals surface area contributed by atoms with Crippen LogP contribution < -0.4 is 10.2 Å². The molecule has 30 heavy (non-hydrogen) atoms. The largest absolute Gasteiger partial charge is 0.377 e. The van der Waals surface area contributed by atoms with Gasteiger partial charge in [-0.15, -0.1) is 0 Å². The summed E-state index contributed by atoms with van der Waals surface area (Å²) in [6, 6.07) is 5.59. The first-order valence-electron chi connectivity index (χ1n) is 11.8. The fourth-order valence-corrected chi connectivity index (χ4v) is 3.68. The minimum atomic E-state index is -0.00117. The van der Waals surface area contributed by atoms with E-state index in [1.165, 1.54) is 44.9 Å². The molecule has 5 heteroatoms. The fourth-order valence-electron chi connectivity index (χ4n) is 3.68. The topological polar surface area (TPSA) is 52.7 Å². The number of unbranched alkanes of at least 4 members (excludes halogenated alkanes) is 8. The van der Waals surface area contributed by atoms with Crippen LogP contribution in [0.1, 0.15) is 95.3 Å². The van der Waals surface area contributed by atoms with Crippen LogP contribution in [0.5, 0.6) is 0 Å². The first kappa shape index (κ1) is 26.0. The van der Waals surface area contributed by atoms with Gasteiger partial charge in [0.25, 0.3) is 5.91 Å². The van der Waals surface area contributed by atoms with Crippen molar-refractivity contribution < 1.29 is 9.59 Å². The summed E-state index contributed by atoms with van der Waals surface area (Å²) in [5, 5.41) is 2.98. The Morgan fingerprint density at radius 2 is 1.40 bits per heavy atom. The second kappa shape index (κ2) is 14.9. The number of amides is 2. The number of benzene rings is 1. The van der Waals surface area contributed by atoms with Crippen molar-refractivity contribution >= 4 is 23.2 Å². The lowest BCUT2D eigenvalue weighted by Crippen LogP contribution is -2.31. The van der Waals surface area contributed by atoms with Gasteiger partial charge in [0.1, 0.15) is 0 Å². The van der Waals surface area contributed by atoms with Gasteiger partial charge in [0, 0.05) is 45.0 Å².